The van der Waals surface area contributed by atoms with Gasteiger partial charge >= 0.3 is 0 Å². The highest BCUT2D eigenvalue weighted by Crippen LogP contribution is 2.26. The lowest BCUT2D eigenvalue weighted by molar-refractivity contribution is 0.0932. The topological polar surface area (TPSA) is 52.9 Å². The maximum Gasteiger partial charge on any atom is 0.251 e. The molecule has 3 heteroatoms. The second-order valence-electron chi connectivity index (χ2n) is 5.58. The fraction of sp³-hybridized carbons (Fsp3) is 0.500. The Bertz CT molecular complexity index is 544. The van der Waals surface area contributed by atoms with Crippen LogP contribution in [0, 0.1) is 17.2 Å². The molecule has 0 spiro atoms. The summed E-state index contributed by atoms with van der Waals surface area (Å²) >= 11 is 0. The number of amides is 1. The number of hydrogen-bond donors (Lipinski definition) is 1. The molecule has 1 aromatic carbocycles. The molecule has 1 N–H and O–H groups in total. The summed E-state index contributed by atoms with van der Waals surface area (Å²) in [6.07, 6.45) is 6.28. The molecule has 2 atom stereocenters. The Morgan fingerprint density at radius 2 is 2.05 bits per heavy atom. The van der Waals surface area contributed by atoms with Crippen LogP contribution >= 0.6 is 0 Å². The lowest BCUT2D eigenvalue weighted by atomic mass is 10.0. The molecule has 3 rings (SSSR count). The molecule has 0 aromatic heterocycles. The summed E-state index contributed by atoms with van der Waals surface area (Å²) in [6, 6.07) is 8.34. The quantitative estimate of drug-likeness (QED) is 0.882. The van der Waals surface area contributed by atoms with E-state index in [1.54, 1.807) is 0 Å². The number of fused-ring (bicyclic) bond motifs is 1. The maximum absolute atomic E-state index is 12.2. The molecule has 19 heavy (non-hydrogen) atoms. The zero-order valence-electron chi connectivity index (χ0n) is 11.0. The van der Waals surface area contributed by atoms with Crippen LogP contribution in [0.5, 0.6) is 0 Å². The van der Waals surface area contributed by atoms with Gasteiger partial charge in [0, 0.05) is 11.6 Å². The highest BCUT2D eigenvalue weighted by atomic mass is 16.1. The van der Waals surface area contributed by atoms with E-state index >= 15 is 0 Å². The van der Waals surface area contributed by atoms with E-state index in [1.807, 2.05) is 12.1 Å². The number of aryl methyl sites for hydroxylation is 2. The van der Waals surface area contributed by atoms with E-state index in [-0.39, 0.29) is 17.9 Å². The third kappa shape index (κ3) is 2.35. The molecular formula is C16H18N2O. The first kappa shape index (κ1) is 12.2. The molecule has 0 saturated heterocycles. The van der Waals surface area contributed by atoms with Crippen molar-refractivity contribution in [3.05, 3.63) is 34.9 Å². The van der Waals surface area contributed by atoms with Gasteiger partial charge in [-0.25, -0.2) is 0 Å². The van der Waals surface area contributed by atoms with Crippen LogP contribution in [0.1, 0.15) is 47.2 Å². The second kappa shape index (κ2) is 5.05. The molecule has 1 saturated carbocycles. The van der Waals surface area contributed by atoms with Crippen LogP contribution in [-0.2, 0) is 12.8 Å². The normalized spacial score (nSPS) is 24.8. The summed E-state index contributed by atoms with van der Waals surface area (Å²) < 4.78 is 0. The van der Waals surface area contributed by atoms with E-state index in [0.717, 1.165) is 37.7 Å². The van der Waals surface area contributed by atoms with Crippen molar-refractivity contribution in [3.63, 3.8) is 0 Å². The van der Waals surface area contributed by atoms with Crippen molar-refractivity contribution in [3.8, 4) is 6.07 Å². The van der Waals surface area contributed by atoms with E-state index in [1.165, 1.54) is 17.5 Å². The first-order valence-corrected chi connectivity index (χ1v) is 7.10. The number of benzene rings is 1. The van der Waals surface area contributed by atoms with Crippen LogP contribution in [0.2, 0.25) is 0 Å². The Labute approximate surface area is 113 Å². The minimum absolute atomic E-state index is 0.0154. The van der Waals surface area contributed by atoms with Gasteiger partial charge in [-0.3, -0.25) is 4.79 Å². The predicted octanol–water partition coefficient (Wildman–Crippen LogP) is 2.60. The number of rotatable bonds is 2. The Morgan fingerprint density at radius 1 is 1.21 bits per heavy atom. The van der Waals surface area contributed by atoms with Crippen LogP contribution in [0.3, 0.4) is 0 Å². The van der Waals surface area contributed by atoms with Gasteiger partial charge < -0.3 is 5.32 Å². The highest BCUT2D eigenvalue weighted by Gasteiger charge is 2.28. The molecule has 2 unspecified atom stereocenters. The van der Waals surface area contributed by atoms with E-state index < -0.39 is 0 Å². The van der Waals surface area contributed by atoms with E-state index in [9.17, 15) is 4.79 Å². The van der Waals surface area contributed by atoms with E-state index in [2.05, 4.69) is 17.5 Å². The minimum atomic E-state index is -0.0261. The third-order valence-corrected chi connectivity index (χ3v) is 4.36. The second-order valence-corrected chi connectivity index (χ2v) is 5.58. The number of nitriles is 1. The van der Waals surface area contributed by atoms with Crippen LogP contribution < -0.4 is 5.32 Å². The van der Waals surface area contributed by atoms with Crippen molar-refractivity contribution in [2.75, 3.05) is 0 Å². The molecule has 0 bridgehead atoms. The van der Waals surface area contributed by atoms with Crippen LogP contribution in [0.15, 0.2) is 18.2 Å². The summed E-state index contributed by atoms with van der Waals surface area (Å²) in [5.41, 5.74) is 3.44. The minimum Gasteiger partial charge on any atom is -0.348 e. The Hall–Kier alpha value is -1.82. The molecule has 0 heterocycles. The van der Waals surface area contributed by atoms with Gasteiger partial charge in [-0.05, 0) is 61.8 Å². The van der Waals surface area contributed by atoms with Gasteiger partial charge in [-0.1, -0.05) is 6.07 Å². The Morgan fingerprint density at radius 3 is 2.89 bits per heavy atom. The molecule has 2 aliphatic rings. The molecule has 1 fully saturated rings. The fourth-order valence-electron chi connectivity index (χ4n) is 3.25. The lowest BCUT2D eigenvalue weighted by Gasteiger charge is -2.16. The summed E-state index contributed by atoms with van der Waals surface area (Å²) in [6.45, 7) is 0. The molecule has 98 valence electrons. The molecule has 1 amide bonds. The summed E-state index contributed by atoms with van der Waals surface area (Å²) in [5.74, 6) is -0.0415. The average Bonchev–Trinajstić information content (AvgIpc) is 3.05. The van der Waals surface area contributed by atoms with Gasteiger partial charge in [-0.15, -0.1) is 0 Å². The molecule has 3 nitrogen and oxygen atoms in total. The average molecular weight is 254 g/mol. The van der Waals surface area contributed by atoms with Crippen LogP contribution in [0.4, 0.5) is 0 Å². The smallest absolute Gasteiger partial charge is 0.251 e. The van der Waals surface area contributed by atoms with Gasteiger partial charge in [0.25, 0.3) is 5.91 Å². The van der Waals surface area contributed by atoms with Crippen molar-refractivity contribution in [1.29, 1.82) is 5.26 Å². The van der Waals surface area contributed by atoms with Crippen molar-refractivity contribution in [2.24, 2.45) is 5.92 Å². The predicted molar refractivity (Wildman–Crippen MR) is 72.7 cm³/mol. The van der Waals surface area contributed by atoms with Crippen molar-refractivity contribution < 1.29 is 4.79 Å². The van der Waals surface area contributed by atoms with Crippen molar-refractivity contribution >= 4 is 5.91 Å². The van der Waals surface area contributed by atoms with E-state index in [0.29, 0.717) is 0 Å². The molecule has 2 aliphatic carbocycles. The SMILES string of the molecule is N#CC1CCCC1NC(=O)c1ccc2c(c1)CCC2. The zero-order chi connectivity index (χ0) is 13.2. The summed E-state index contributed by atoms with van der Waals surface area (Å²) in [5, 5.41) is 12.1. The molecule has 1 aromatic rings. The van der Waals surface area contributed by atoms with Gasteiger partial charge in [0.1, 0.15) is 0 Å². The Balaban J connectivity index is 1.72. The van der Waals surface area contributed by atoms with E-state index in [4.69, 9.17) is 5.26 Å². The monoisotopic (exact) mass is 254 g/mol. The largest absolute Gasteiger partial charge is 0.348 e. The van der Waals surface area contributed by atoms with Crippen molar-refractivity contribution in [2.45, 2.75) is 44.6 Å². The van der Waals surface area contributed by atoms with Crippen molar-refractivity contribution in [1.82, 2.24) is 5.32 Å². The van der Waals surface area contributed by atoms with Gasteiger partial charge in [0.05, 0.1) is 12.0 Å². The number of carbonyl (C=O) groups is 1. The zero-order valence-corrected chi connectivity index (χ0v) is 11.0. The number of nitrogens with zero attached hydrogens (tertiary/aromatic N) is 1. The molecular weight excluding hydrogens is 236 g/mol. The Kier molecular flexibility index (Phi) is 3.25. The maximum atomic E-state index is 12.2. The summed E-state index contributed by atoms with van der Waals surface area (Å²) in [4.78, 5) is 12.2. The number of nitrogens with one attached hydrogen (secondary N) is 1. The lowest BCUT2D eigenvalue weighted by Crippen LogP contribution is -2.36. The summed E-state index contributed by atoms with van der Waals surface area (Å²) in [7, 11) is 0. The van der Waals surface area contributed by atoms with Gasteiger partial charge in [-0.2, -0.15) is 5.26 Å². The van der Waals surface area contributed by atoms with Gasteiger partial charge in [0.15, 0.2) is 0 Å². The fourth-order valence-corrected chi connectivity index (χ4v) is 3.25. The first-order chi connectivity index (χ1) is 9.28. The number of carbonyl (C=O) groups excluding carboxylic acids is 1. The molecule has 0 radical (unpaired) electrons. The van der Waals surface area contributed by atoms with Crippen LogP contribution in [0.25, 0.3) is 0 Å². The van der Waals surface area contributed by atoms with Gasteiger partial charge in [0.2, 0.25) is 0 Å². The standard InChI is InChI=1S/C16H18N2O/c17-10-14-5-2-6-15(14)18-16(19)13-8-7-11-3-1-4-12(11)9-13/h7-9,14-15H,1-6H2,(H,18,19). The highest BCUT2D eigenvalue weighted by molar-refractivity contribution is 5.94. The third-order valence-electron chi connectivity index (χ3n) is 4.36. The number of hydrogen-bond acceptors (Lipinski definition) is 2. The molecule has 0 aliphatic heterocycles. The van der Waals surface area contributed by atoms with Crippen LogP contribution in [-0.4, -0.2) is 11.9 Å². The first-order valence-electron chi connectivity index (χ1n) is 7.10.